The molecule has 0 aliphatic rings. The molecule has 0 aliphatic heterocycles. The molecule has 20 heavy (non-hydrogen) atoms. The summed E-state index contributed by atoms with van der Waals surface area (Å²) in [6.07, 6.45) is 1.59. The van der Waals surface area contributed by atoms with Gasteiger partial charge in [0, 0.05) is 19.6 Å². The maximum Gasteiger partial charge on any atom is 0.261 e. The van der Waals surface area contributed by atoms with Crippen molar-refractivity contribution < 1.29 is 5.11 Å². The van der Waals surface area contributed by atoms with Crippen molar-refractivity contribution >= 4 is 10.9 Å². The number of aliphatic hydroxyl groups is 1. The van der Waals surface area contributed by atoms with Crippen molar-refractivity contribution in [2.75, 3.05) is 20.1 Å². The minimum atomic E-state index is -0.735. The lowest BCUT2D eigenvalue weighted by Gasteiger charge is -2.25. The Balaban J connectivity index is 2.11. The molecule has 2 rings (SSSR count). The van der Waals surface area contributed by atoms with Crippen LogP contribution >= 0.6 is 0 Å². The minimum Gasteiger partial charge on any atom is -0.389 e. The molecule has 0 amide bonds. The highest BCUT2D eigenvalue weighted by Crippen LogP contribution is 2.05. The molecule has 5 heteroatoms. The second-order valence-electron chi connectivity index (χ2n) is 5.81. The number of nitrogens with zero attached hydrogens (tertiary/aromatic N) is 3. The Kier molecular flexibility index (Phi) is 4.20. The van der Waals surface area contributed by atoms with Gasteiger partial charge in [0.2, 0.25) is 0 Å². The number of likely N-dealkylation sites (N-methyl/N-ethyl adjacent to an activating group) is 1. The van der Waals surface area contributed by atoms with Gasteiger partial charge < -0.3 is 10.0 Å². The van der Waals surface area contributed by atoms with Crippen LogP contribution in [0.5, 0.6) is 0 Å². The van der Waals surface area contributed by atoms with Crippen LogP contribution in [0.15, 0.2) is 35.4 Å². The predicted octanol–water partition coefficient (Wildman–Crippen LogP) is 1.10. The van der Waals surface area contributed by atoms with E-state index in [4.69, 9.17) is 0 Å². The van der Waals surface area contributed by atoms with E-state index in [1.54, 1.807) is 30.8 Å². The third kappa shape index (κ3) is 3.65. The van der Waals surface area contributed by atoms with E-state index < -0.39 is 5.60 Å². The van der Waals surface area contributed by atoms with Crippen LogP contribution in [0.25, 0.3) is 10.9 Å². The van der Waals surface area contributed by atoms with Crippen LogP contribution in [0.4, 0.5) is 0 Å². The molecule has 0 fully saturated rings. The molecule has 0 saturated heterocycles. The van der Waals surface area contributed by atoms with E-state index in [1.165, 1.54) is 0 Å². The summed E-state index contributed by atoms with van der Waals surface area (Å²) in [5.41, 5.74) is -0.0349. The summed E-state index contributed by atoms with van der Waals surface area (Å²) in [6.45, 7) is 5.34. The van der Waals surface area contributed by atoms with Gasteiger partial charge in [0.15, 0.2) is 0 Å². The Labute approximate surface area is 118 Å². The van der Waals surface area contributed by atoms with Crippen molar-refractivity contribution in [3.05, 3.63) is 40.9 Å². The monoisotopic (exact) mass is 275 g/mol. The smallest absolute Gasteiger partial charge is 0.261 e. The van der Waals surface area contributed by atoms with Crippen LogP contribution in [0.3, 0.4) is 0 Å². The Bertz CT molecular complexity index is 643. The van der Waals surface area contributed by atoms with E-state index in [0.717, 1.165) is 5.52 Å². The third-order valence-electron chi connectivity index (χ3n) is 3.11. The summed E-state index contributed by atoms with van der Waals surface area (Å²) in [5.74, 6) is 0. The van der Waals surface area contributed by atoms with Crippen LogP contribution in [0, 0.1) is 0 Å². The lowest BCUT2D eigenvalue weighted by molar-refractivity contribution is 0.0436. The van der Waals surface area contributed by atoms with Crippen LogP contribution in [0.1, 0.15) is 13.8 Å². The molecule has 1 N–H and O–H groups in total. The number of aromatic nitrogens is 2. The fraction of sp³-hybridized carbons (Fsp3) is 0.467. The number of fused-ring (bicyclic) bond motifs is 1. The average molecular weight is 275 g/mol. The fourth-order valence-electron chi connectivity index (χ4n) is 2.28. The number of hydrogen-bond donors (Lipinski definition) is 1. The van der Waals surface area contributed by atoms with Gasteiger partial charge in [-0.05, 0) is 33.0 Å². The standard InChI is InChI=1S/C15H21N3O2/c1-15(2,20)10-17(3)8-9-18-11-16-13-7-5-4-6-12(13)14(18)19/h4-7,11,20H,8-10H2,1-3H3. The molecular weight excluding hydrogens is 254 g/mol. The lowest BCUT2D eigenvalue weighted by Crippen LogP contribution is -2.38. The number of benzene rings is 1. The van der Waals surface area contributed by atoms with Crippen molar-refractivity contribution in [3.63, 3.8) is 0 Å². The normalized spacial score (nSPS) is 12.2. The predicted molar refractivity (Wildman–Crippen MR) is 79.8 cm³/mol. The maximum atomic E-state index is 12.3. The van der Waals surface area contributed by atoms with Gasteiger partial charge in [0.05, 0.1) is 22.8 Å². The summed E-state index contributed by atoms with van der Waals surface area (Å²) in [5, 5.41) is 10.4. The molecule has 1 heterocycles. The molecule has 1 aromatic heterocycles. The van der Waals surface area contributed by atoms with E-state index in [2.05, 4.69) is 4.98 Å². The summed E-state index contributed by atoms with van der Waals surface area (Å²) in [4.78, 5) is 18.6. The Morgan fingerprint density at radius 1 is 1.35 bits per heavy atom. The molecule has 0 aliphatic carbocycles. The Hall–Kier alpha value is -1.72. The average Bonchev–Trinajstić information content (AvgIpc) is 2.36. The zero-order chi connectivity index (χ0) is 14.8. The zero-order valence-electron chi connectivity index (χ0n) is 12.2. The van der Waals surface area contributed by atoms with E-state index in [-0.39, 0.29) is 5.56 Å². The molecule has 0 spiro atoms. The first-order chi connectivity index (χ1) is 9.37. The molecule has 0 saturated carbocycles. The maximum absolute atomic E-state index is 12.3. The van der Waals surface area contributed by atoms with Gasteiger partial charge in [0.1, 0.15) is 0 Å². The van der Waals surface area contributed by atoms with E-state index in [9.17, 15) is 9.90 Å². The lowest BCUT2D eigenvalue weighted by atomic mass is 10.1. The molecule has 0 bridgehead atoms. The topological polar surface area (TPSA) is 58.4 Å². The zero-order valence-corrected chi connectivity index (χ0v) is 12.2. The van der Waals surface area contributed by atoms with Crippen molar-refractivity contribution in [2.45, 2.75) is 26.0 Å². The molecule has 108 valence electrons. The summed E-state index contributed by atoms with van der Waals surface area (Å²) in [6, 6.07) is 7.34. The molecule has 0 unspecified atom stereocenters. The van der Waals surface area contributed by atoms with Crippen molar-refractivity contribution in [3.8, 4) is 0 Å². The highest BCUT2D eigenvalue weighted by atomic mass is 16.3. The molecule has 2 aromatic rings. The fourth-order valence-corrected chi connectivity index (χ4v) is 2.28. The van der Waals surface area contributed by atoms with E-state index in [1.807, 2.05) is 30.1 Å². The van der Waals surface area contributed by atoms with E-state index in [0.29, 0.717) is 25.0 Å². The van der Waals surface area contributed by atoms with Crippen molar-refractivity contribution in [2.24, 2.45) is 0 Å². The highest BCUT2D eigenvalue weighted by Gasteiger charge is 2.15. The molecule has 1 aromatic carbocycles. The third-order valence-corrected chi connectivity index (χ3v) is 3.11. The summed E-state index contributed by atoms with van der Waals surface area (Å²) >= 11 is 0. The van der Waals surface area contributed by atoms with Gasteiger partial charge in [0.25, 0.3) is 5.56 Å². The molecule has 0 radical (unpaired) electrons. The first-order valence-electron chi connectivity index (χ1n) is 6.72. The minimum absolute atomic E-state index is 0.0211. The van der Waals surface area contributed by atoms with Crippen LogP contribution in [0.2, 0.25) is 0 Å². The van der Waals surface area contributed by atoms with Gasteiger partial charge in [-0.15, -0.1) is 0 Å². The molecule has 0 atom stereocenters. The first-order valence-corrected chi connectivity index (χ1v) is 6.72. The first kappa shape index (κ1) is 14.7. The second-order valence-corrected chi connectivity index (χ2v) is 5.81. The largest absolute Gasteiger partial charge is 0.389 e. The quantitative estimate of drug-likeness (QED) is 0.887. The van der Waals surface area contributed by atoms with Crippen LogP contribution < -0.4 is 5.56 Å². The van der Waals surface area contributed by atoms with Gasteiger partial charge in [-0.3, -0.25) is 9.36 Å². The highest BCUT2D eigenvalue weighted by molar-refractivity contribution is 5.76. The SMILES string of the molecule is CN(CCn1cnc2ccccc2c1=O)CC(C)(C)O. The number of para-hydroxylation sites is 1. The number of rotatable bonds is 5. The van der Waals surface area contributed by atoms with Crippen molar-refractivity contribution in [1.29, 1.82) is 0 Å². The second kappa shape index (κ2) is 5.73. The Morgan fingerprint density at radius 3 is 2.75 bits per heavy atom. The Morgan fingerprint density at radius 2 is 2.05 bits per heavy atom. The summed E-state index contributed by atoms with van der Waals surface area (Å²) < 4.78 is 1.61. The van der Waals surface area contributed by atoms with Crippen LogP contribution in [-0.2, 0) is 6.54 Å². The van der Waals surface area contributed by atoms with E-state index >= 15 is 0 Å². The molecule has 5 nitrogen and oxygen atoms in total. The summed E-state index contributed by atoms with van der Waals surface area (Å²) in [7, 11) is 1.93. The van der Waals surface area contributed by atoms with Crippen LogP contribution in [-0.4, -0.2) is 45.3 Å². The van der Waals surface area contributed by atoms with Gasteiger partial charge in [-0.25, -0.2) is 4.98 Å². The van der Waals surface area contributed by atoms with Gasteiger partial charge >= 0.3 is 0 Å². The number of hydrogen-bond acceptors (Lipinski definition) is 4. The van der Waals surface area contributed by atoms with Gasteiger partial charge in [-0.2, -0.15) is 0 Å². The molecular formula is C15H21N3O2. The van der Waals surface area contributed by atoms with Gasteiger partial charge in [-0.1, -0.05) is 12.1 Å². The van der Waals surface area contributed by atoms with Crippen molar-refractivity contribution in [1.82, 2.24) is 14.5 Å².